The van der Waals surface area contributed by atoms with Gasteiger partial charge in [0, 0.05) is 6.54 Å². The Morgan fingerprint density at radius 3 is 2.45 bits per heavy atom. The molecule has 2 rings (SSSR count). The lowest BCUT2D eigenvalue weighted by Crippen LogP contribution is -2.39. The van der Waals surface area contributed by atoms with E-state index in [2.05, 4.69) is 5.32 Å². The lowest BCUT2D eigenvalue weighted by Gasteiger charge is -2.27. The maximum Gasteiger partial charge on any atom is 0.253 e. The molecule has 1 aromatic carbocycles. The zero-order chi connectivity index (χ0) is 14.4. The smallest absolute Gasteiger partial charge is 0.253 e. The van der Waals surface area contributed by atoms with Crippen molar-refractivity contribution in [2.75, 3.05) is 6.54 Å². The Morgan fingerprint density at radius 1 is 1.15 bits per heavy atom. The molecule has 20 heavy (non-hydrogen) atoms. The van der Waals surface area contributed by atoms with Crippen LogP contribution in [-0.4, -0.2) is 28.8 Å². The summed E-state index contributed by atoms with van der Waals surface area (Å²) in [4.78, 5) is 11.9. The number of carbonyl (C=O) groups excluding carboxylic acids is 1. The number of nitrogens with one attached hydrogen (secondary N) is 1. The molecule has 1 aromatic rings. The molecule has 1 saturated carbocycles. The molecule has 1 unspecified atom stereocenters. The van der Waals surface area contributed by atoms with E-state index in [1.54, 1.807) is 24.3 Å². The van der Waals surface area contributed by atoms with Gasteiger partial charge in [0.15, 0.2) is 6.10 Å². The zero-order valence-corrected chi connectivity index (χ0v) is 11.7. The van der Waals surface area contributed by atoms with Crippen molar-refractivity contribution in [3.8, 4) is 0 Å². The van der Waals surface area contributed by atoms with E-state index in [1.165, 1.54) is 6.42 Å². The molecule has 0 bridgehead atoms. The van der Waals surface area contributed by atoms with Gasteiger partial charge in [-0.05, 0) is 24.3 Å². The Hall–Kier alpha value is -1.39. The predicted molar refractivity (Wildman–Crippen MR) is 77.0 cm³/mol. The molecule has 2 atom stereocenters. The number of aliphatic hydroxyl groups excluding tert-OH is 2. The highest BCUT2D eigenvalue weighted by atomic mass is 16.3. The van der Waals surface area contributed by atoms with Crippen LogP contribution in [0.4, 0.5) is 0 Å². The summed E-state index contributed by atoms with van der Waals surface area (Å²) in [5.74, 6) is -0.177. The fourth-order valence-corrected chi connectivity index (χ4v) is 2.77. The van der Waals surface area contributed by atoms with Gasteiger partial charge in [-0.2, -0.15) is 0 Å². The van der Waals surface area contributed by atoms with Crippen LogP contribution in [0.15, 0.2) is 30.3 Å². The fraction of sp³-hybridized carbons (Fsp3) is 0.562. The van der Waals surface area contributed by atoms with Crippen molar-refractivity contribution in [3.63, 3.8) is 0 Å². The van der Waals surface area contributed by atoms with Gasteiger partial charge in [0.25, 0.3) is 5.91 Å². The van der Waals surface area contributed by atoms with Gasteiger partial charge >= 0.3 is 0 Å². The Balaban J connectivity index is 1.79. The summed E-state index contributed by atoms with van der Waals surface area (Å²) in [6.07, 6.45) is 3.92. The van der Waals surface area contributed by atoms with Gasteiger partial charge in [-0.3, -0.25) is 4.79 Å². The minimum atomic E-state index is -1.17. The molecule has 110 valence electrons. The monoisotopic (exact) mass is 277 g/mol. The summed E-state index contributed by atoms with van der Waals surface area (Å²) in [5.41, 5.74) is 0.567. The van der Waals surface area contributed by atoms with Crippen LogP contribution in [0.5, 0.6) is 0 Å². The van der Waals surface area contributed by atoms with E-state index in [-0.39, 0.29) is 12.5 Å². The second kappa shape index (κ2) is 7.41. The molecule has 0 saturated heterocycles. The van der Waals surface area contributed by atoms with Gasteiger partial charge in [0.2, 0.25) is 0 Å². The summed E-state index contributed by atoms with van der Waals surface area (Å²) in [7, 11) is 0. The topological polar surface area (TPSA) is 69.6 Å². The summed E-state index contributed by atoms with van der Waals surface area (Å²) in [6, 6.07) is 8.82. The van der Waals surface area contributed by atoms with Crippen LogP contribution in [0, 0.1) is 5.92 Å². The van der Waals surface area contributed by atoms with Gasteiger partial charge in [-0.15, -0.1) is 0 Å². The molecular formula is C16H23NO3. The number of amides is 1. The third-order valence-electron chi connectivity index (χ3n) is 4.04. The lowest BCUT2D eigenvalue weighted by atomic mass is 9.85. The first-order valence-electron chi connectivity index (χ1n) is 7.37. The van der Waals surface area contributed by atoms with Crippen molar-refractivity contribution in [2.24, 2.45) is 5.92 Å². The van der Waals surface area contributed by atoms with Gasteiger partial charge in [0.1, 0.15) is 0 Å². The minimum Gasteiger partial charge on any atom is -0.391 e. The lowest BCUT2D eigenvalue weighted by molar-refractivity contribution is -0.130. The van der Waals surface area contributed by atoms with Crippen LogP contribution >= 0.6 is 0 Å². The van der Waals surface area contributed by atoms with Crippen molar-refractivity contribution in [3.05, 3.63) is 35.9 Å². The second-order valence-corrected chi connectivity index (χ2v) is 5.52. The van der Waals surface area contributed by atoms with Crippen molar-refractivity contribution in [2.45, 2.75) is 44.3 Å². The average Bonchev–Trinajstić information content (AvgIpc) is 2.53. The maximum atomic E-state index is 11.9. The van der Waals surface area contributed by atoms with E-state index in [0.29, 0.717) is 5.56 Å². The van der Waals surface area contributed by atoms with Crippen molar-refractivity contribution in [1.82, 2.24) is 5.32 Å². The van der Waals surface area contributed by atoms with Crippen molar-refractivity contribution in [1.29, 1.82) is 0 Å². The fourth-order valence-electron chi connectivity index (χ4n) is 2.77. The van der Waals surface area contributed by atoms with Crippen LogP contribution in [0.1, 0.15) is 43.8 Å². The SMILES string of the molecule is O=C(NCC(O)C1CCCCC1)[C@@H](O)c1ccccc1. The number of benzene rings is 1. The number of carbonyl (C=O) groups is 1. The molecule has 0 radical (unpaired) electrons. The first-order valence-corrected chi connectivity index (χ1v) is 7.37. The first kappa shape index (κ1) is 15.0. The summed E-state index contributed by atoms with van der Waals surface area (Å²) in [5, 5.41) is 22.6. The van der Waals surface area contributed by atoms with Gasteiger partial charge in [-0.1, -0.05) is 49.6 Å². The van der Waals surface area contributed by atoms with Crippen LogP contribution < -0.4 is 5.32 Å². The van der Waals surface area contributed by atoms with Crippen molar-refractivity contribution < 1.29 is 15.0 Å². The van der Waals surface area contributed by atoms with Crippen molar-refractivity contribution >= 4 is 5.91 Å². The zero-order valence-electron chi connectivity index (χ0n) is 11.7. The van der Waals surface area contributed by atoms with Gasteiger partial charge in [-0.25, -0.2) is 0 Å². The number of rotatable bonds is 5. The van der Waals surface area contributed by atoms with Crippen LogP contribution in [-0.2, 0) is 4.79 Å². The summed E-state index contributed by atoms with van der Waals surface area (Å²) in [6.45, 7) is 0.216. The molecule has 3 N–H and O–H groups in total. The second-order valence-electron chi connectivity index (χ2n) is 5.52. The van der Waals surface area contributed by atoms with Gasteiger partial charge < -0.3 is 15.5 Å². The Labute approximate surface area is 119 Å². The standard InChI is InChI=1S/C16H23NO3/c18-14(12-7-3-1-4-8-12)11-17-16(20)15(19)13-9-5-2-6-10-13/h2,5-6,9-10,12,14-15,18-19H,1,3-4,7-8,11H2,(H,17,20)/t14?,15-/m0/s1. The average molecular weight is 277 g/mol. The quantitative estimate of drug-likeness (QED) is 0.768. The Bertz CT molecular complexity index is 415. The third-order valence-corrected chi connectivity index (χ3v) is 4.04. The molecule has 4 heteroatoms. The van der Waals surface area contributed by atoms with Crippen LogP contribution in [0.3, 0.4) is 0 Å². The van der Waals surface area contributed by atoms with E-state index in [1.807, 2.05) is 6.07 Å². The van der Waals surface area contributed by atoms with E-state index >= 15 is 0 Å². The highest BCUT2D eigenvalue weighted by Crippen LogP contribution is 2.26. The largest absolute Gasteiger partial charge is 0.391 e. The number of hydrogen-bond acceptors (Lipinski definition) is 3. The third kappa shape index (κ3) is 4.05. The highest BCUT2D eigenvalue weighted by molar-refractivity contribution is 5.81. The molecule has 4 nitrogen and oxygen atoms in total. The number of hydrogen-bond donors (Lipinski definition) is 3. The molecule has 0 aromatic heterocycles. The minimum absolute atomic E-state index is 0.216. The van der Waals surface area contributed by atoms with Crippen LogP contribution in [0.2, 0.25) is 0 Å². The molecule has 1 amide bonds. The highest BCUT2D eigenvalue weighted by Gasteiger charge is 2.23. The predicted octanol–water partition coefficient (Wildman–Crippen LogP) is 1.78. The summed E-state index contributed by atoms with van der Waals surface area (Å²) < 4.78 is 0. The molecule has 0 heterocycles. The summed E-state index contributed by atoms with van der Waals surface area (Å²) >= 11 is 0. The Kier molecular flexibility index (Phi) is 5.56. The molecular weight excluding hydrogens is 254 g/mol. The molecule has 0 aliphatic heterocycles. The first-order chi connectivity index (χ1) is 9.68. The number of aliphatic hydroxyl groups is 2. The van der Waals surface area contributed by atoms with E-state index < -0.39 is 18.1 Å². The van der Waals surface area contributed by atoms with E-state index in [0.717, 1.165) is 25.7 Å². The maximum absolute atomic E-state index is 11.9. The molecule has 1 fully saturated rings. The van der Waals surface area contributed by atoms with E-state index in [9.17, 15) is 15.0 Å². The Morgan fingerprint density at radius 2 is 1.80 bits per heavy atom. The molecule has 1 aliphatic rings. The molecule has 1 aliphatic carbocycles. The molecule has 0 spiro atoms. The van der Waals surface area contributed by atoms with Crippen LogP contribution in [0.25, 0.3) is 0 Å². The van der Waals surface area contributed by atoms with E-state index in [4.69, 9.17) is 0 Å². The van der Waals surface area contributed by atoms with Gasteiger partial charge in [0.05, 0.1) is 6.10 Å². The normalized spacial score (nSPS) is 19.3.